The van der Waals surface area contributed by atoms with Crippen molar-refractivity contribution in [3.63, 3.8) is 0 Å². The van der Waals surface area contributed by atoms with Crippen molar-refractivity contribution in [2.45, 2.75) is 19.3 Å². The minimum absolute atomic E-state index is 0.228. The first-order chi connectivity index (χ1) is 8.79. The molecule has 1 aliphatic rings. The average Bonchev–Trinajstić information content (AvgIpc) is 2.42. The molecule has 0 amide bonds. The van der Waals surface area contributed by atoms with Gasteiger partial charge in [0, 0.05) is 6.54 Å². The molecule has 0 aromatic heterocycles. The van der Waals surface area contributed by atoms with Gasteiger partial charge in [-0.3, -0.25) is 4.90 Å². The largest absolute Gasteiger partial charge is 0.489 e. The molecule has 2 rings (SSSR count). The first-order valence-corrected chi connectivity index (χ1v) is 6.34. The predicted octanol–water partition coefficient (Wildman–Crippen LogP) is 2.56. The summed E-state index contributed by atoms with van der Waals surface area (Å²) in [7, 11) is 0. The van der Waals surface area contributed by atoms with Crippen molar-refractivity contribution >= 4 is 0 Å². The van der Waals surface area contributed by atoms with Crippen LogP contribution in [0.1, 0.15) is 24.8 Å². The SMILES string of the molecule is N#Cc1ccc(OCCN2CCCCC2)c(F)c1. The van der Waals surface area contributed by atoms with Crippen LogP contribution in [0.25, 0.3) is 0 Å². The molecule has 1 heterocycles. The van der Waals surface area contributed by atoms with E-state index >= 15 is 0 Å². The number of rotatable bonds is 4. The van der Waals surface area contributed by atoms with E-state index in [1.165, 1.54) is 31.4 Å². The summed E-state index contributed by atoms with van der Waals surface area (Å²) in [6, 6.07) is 6.19. The number of hydrogen-bond donors (Lipinski definition) is 0. The van der Waals surface area contributed by atoms with Gasteiger partial charge in [-0.2, -0.15) is 5.26 Å². The van der Waals surface area contributed by atoms with E-state index in [0.717, 1.165) is 19.6 Å². The number of nitrogens with zero attached hydrogens (tertiary/aromatic N) is 2. The Morgan fingerprint density at radius 3 is 2.72 bits per heavy atom. The van der Waals surface area contributed by atoms with Crippen LogP contribution in [0.4, 0.5) is 4.39 Å². The Balaban J connectivity index is 1.81. The maximum atomic E-state index is 13.5. The van der Waals surface area contributed by atoms with Gasteiger partial charge in [0.2, 0.25) is 0 Å². The molecule has 1 fully saturated rings. The molecule has 0 N–H and O–H groups in total. The fraction of sp³-hybridized carbons (Fsp3) is 0.500. The lowest BCUT2D eigenvalue weighted by Crippen LogP contribution is -2.33. The molecule has 3 nitrogen and oxygen atoms in total. The molecular weight excluding hydrogens is 231 g/mol. The number of ether oxygens (including phenoxy) is 1. The van der Waals surface area contributed by atoms with Gasteiger partial charge in [0.15, 0.2) is 11.6 Å². The summed E-state index contributed by atoms with van der Waals surface area (Å²) >= 11 is 0. The summed E-state index contributed by atoms with van der Waals surface area (Å²) in [5.74, 6) is -0.237. The molecule has 0 unspecified atom stereocenters. The third-order valence-corrected chi connectivity index (χ3v) is 3.17. The van der Waals surface area contributed by atoms with Gasteiger partial charge in [-0.25, -0.2) is 4.39 Å². The first kappa shape index (κ1) is 12.8. The Morgan fingerprint density at radius 2 is 2.06 bits per heavy atom. The molecule has 1 aromatic rings. The minimum atomic E-state index is -0.465. The Morgan fingerprint density at radius 1 is 1.28 bits per heavy atom. The van der Waals surface area contributed by atoms with Crippen LogP contribution in [0.15, 0.2) is 18.2 Å². The summed E-state index contributed by atoms with van der Waals surface area (Å²) in [6.07, 6.45) is 3.79. The zero-order chi connectivity index (χ0) is 12.8. The van der Waals surface area contributed by atoms with Crippen molar-refractivity contribution in [2.24, 2.45) is 0 Å². The highest BCUT2D eigenvalue weighted by Crippen LogP contribution is 2.18. The monoisotopic (exact) mass is 248 g/mol. The van der Waals surface area contributed by atoms with Crippen LogP contribution in [0.3, 0.4) is 0 Å². The Labute approximate surface area is 107 Å². The maximum absolute atomic E-state index is 13.5. The zero-order valence-corrected chi connectivity index (χ0v) is 10.4. The second-order valence-electron chi connectivity index (χ2n) is 4.51. The van der Waals surface area contributed by atoms with E-state index in [4.69, 9.17) is 10.00 Å². The van der Waals surface area contributed by atoms with Gasteiger partial charge in [-0.05, 0) is 44.1 Å². The van der Waals surface area contributed by atoms with Crippen molar-refractivity contribution < 1.29 is 9.13 Å². The van der Waals surface area contributed by atoms with E-state index in [1.807, 2.05) is 6.07 Å². The number of piperidine rings is 1. The second-order valence-corrected chi connectivity index (χ2v) is 4.51. The molecule has 0 atom stereocenters. The molecular formula is C14H17FN2O. The fourth-order valence-corrected chi connectivity index (χ4v) is 2.16. The van der Waals surface area contributed by atoms with Crippen molar-refractivity contribution in [3.05, 3.63) is 29.6 Å². The predicted molar refractivity (Wildman–Crippen MR) is 66.9 cm³/mol. The van der Waals surface area contributed by atoms with Gasteiger partial charge in [-0.1, -0.05) is 6.42 Å². The van der Waals surface area contributed by atoms with E-state index < -0.39 is 5.82 Å². The number of likely N-dealkylation sites (tertiary alicyclic amines) is 1. The van der Waals surface area contributed by atoms with Crippen LogP contribution in [-0.4, -0.2) is 31.1 Å². The van der Waals surface area contributed by atoms with E-state index in [0.29, 0.717) is 12.2 Å². The average molecular weight is 248 g/mol. The molecule has 0 radical (unpaired) electrons. The van der Waals surface area contributed by atoms with Crippen LogP contribution in [-0.2, 0) is 0 Å². The van der Waals surface area contributed by atoms with Crippen LogP contribution < -0.4 is 4.74 Å². The molecule has 1 aromatic carbocycles. The molecule has 1 aliphatic heterocycles. The third-order valence-electron chi connectivity index (χ3n) is 3.17. The van der Waals surface area contributed by atoms with Gasteiger partial charge in [0.1, 0.15) is 6.61 Å². The first-order valence-electron chi connectivity index (χ1n) is 6.34. The summed E-state index contributed by atoms with van der Waals surface area (Å²) in [6.45, 7) is 3.54. The second kappa shape index (κ2) is 6.36. The van der Waals surface area contributed by atoms with E-state index in [1.54, 1.807) is 6.07 Å². The lowest BCUT2D eigenvalue weighted by molar-refractivity contribution is 0.180. The minimum Gasteiger partial charge on any atom is -0.489 e. The number of hydrogen-bond acceptors (Lipinski definition) is 3. The van der Waals surface area contributed by atoms with Gasteiger partial charge in [0.25, 0.3) is 0 Å². The summed E-state index contributed by atoms with van der Waals surface area (Å²) in [4.78, 5) is 2.34. The number of halogens is 1. The topological polar surface area (TPSA) is 36.3 Å². The van der Waals surface area contributed by atoms with Gasteiger partial charge < -0.3 is 4.74 Å². The summed E-state index contributed by atoms with van der Waals surface area (Å²) in [5, 5.41) is 8.64. The van der Waals surface area contributed by atoms with Gasteiger partial charge >= 0.3 is 0 Å². The van der Waals surface area contributed by atoms with Crippen molar-refractivity contribution in [1.29, 1.82) is 5.26 Å². The molecule has 0 spiro atoms. The van der Waals surface area contributed by atoms with E-state index in [9.17, 15) is 4.39 Å². The molecule has 0 aliphatic carbocycles. The quantitative estimate of drug-likeness (QED) is 0.821. The third kappa shape index (κ3) is 3.44. The summed E-state index contributed by atoms with van der Waals surface area (Å²) in [5.41, 5.74) is 0.316. The Bertz CT molecular complexity index is 436. The normalized spacial score (nSPS) is 16.2. The van der Waals surface area contributed by atoms with Crippen LogP contribution in [0, 0.1) is 17.1 Å². The molecule has 0 saturated carbocycles. The molecule has 4 heteroatoms. The highest BCUT2D eigenvalue weighted by molar-refractivity contribution is 5.35. The molecule has 18 heavy (non-hydrogen) atoms. The molecule has 0 bridgehead atoms. The van der Waals surface area contributed by atoms with Gasteiger partial charge in [0.05, 0.1) is 11.6 Å². The summed E-state index contributed by atoms with van der Waals surface area (Å²) < 4.78 is 18.9. The van der Waals surface area contributed by atoms with Crippen molar-refractivity contribution in [3.8, 4) is 11.8 Å². The lowest BCUT2D eigenvalue weighted by Gasteiger charge is -2.26. The fourth-order valence-electron chi connectivity index (χ4n) is 2.16. The van der Waals surface area contributed by atoms with Crippen molar-refractivity contribution in [2.75, 3.05) is 26.2 Å². The van der Waals surface area contributed by atoms with E-state index in [2.05, 4.69) is 4.90 Å². The molecule has 1 saturated heterocycles. The zero-order valence-electron chi connectivity index (χ0n) is 10.4. The number of benzene rings is 1. The highest BCUT2D eigenvalue weighted by atomic mass is 19.1. The van der Waals surface area contributed by atoms with Crippen LogP contribution >= 0.6 is 0 Å². The van der Waals surface area contributed by atoms with Crippen LogP contribution in [0.5, 0.6) is 5.75 Å². The maximum Gasteiger partial charge on any atom is 0.166 e. The Kier molecular flexibility index (Phi) is 4.54. The highest BCUT2D eigenvalue weighted by Gasteiger charge is 2.10. The van der Waals surface area contributed by atoms with E-state index in [-0.39, 0.29) is 5.75 Å². The Hall–Kier alpha value is -1.60. The lowest BCUT2D eigenvalue weighted by atomic mass is 10.1. The van der Waals surface area contributed by atoms with Crippen molar-refractivity contribution in [1.82, 2.24) is 4.90 Å². The molecule has 96 valence electrons. The smallest absolute Gasteiger partial charge is 0.166 e. The number of nitriles is 1. The van der Waals surface area contributed by atoms with Gasteiger partial charge in [-0.15, -0.1) is 0 Å². The standard InChI is InChI=1S/C14H17FN2O/c15-13-10-12(11-16)4-5-14(13)18-9-8-17-6-2-1-3-7-17/h4-5,10H,1-3,6-9H2. The van der Waals surface area contributed by atoms with Crippen LogP contribution in [0.2, 0.25) is 0 Å².